The maximum absolute atomic E-state index is 13.0. The predicted octanol–water partition coefficient (Wildman–Crippen LogP) is 2.70. The standard InChI is InChI=1S/C23H33N3O3/c1-29-20-7-8-21-19(16-20)6-5-13-26(21)22(27)17-24-14-9-18(10-15-24)23(28)25-11-3-2-4-12-25/h7-8,16,18H,2-6,9-15,17H2,1H3. The van der Waals surface area contributed by atoms with E-state index in [1.165, 1.54) is 12.0 Å². The van der Waals surface area contributed by atoms with Crippen molar-refractivity contribution in [1.29, 1.82) is 0 Å². The molecule has 0 N–H and O–H groups in total. The Morgan fingerprint density at radius 3 is 2.48 bits per heavy atom. The highest BCUT2D eigenvalue weighted by Gasteiger charge is 2.31. The average molecular weight is 400 g/mol. The molecule has 1 aromatic rings. The molecule has 4 rings (SSSR count). The molecule has 0 aromatic heterocycles. The number of likely N-dealkylation sites (tertiary alicyclic amines) is 2. The van der Waals surface area contributed by atoms with Gasteiger partial charge in [0, 0.05) is 31.2 Å². The van der Waals surface area contributed by atoms with Crippen molar-refractivity contribution in [1.82, 2.24) is 9.80 Å². The molecule has 0 spiro atoms. The van der Waals surface area contributed by atoms with Crippen molar-refractivity contribution < 1.29 is 14.3 Å². The molecule has 0 atom stereocenters. The van der Waals surface area contributed by atoms with Crippen LogP contribution in [0.4, 0.5) is 5.69 Å². The van der Waals surface area contributed by atoms with Gasteiger partial charge < -0.3 is 14.5 Å². The summed E-state index contributed by atoms with van der Waals surface area (Å²) in [7, 11) is 1.67. The van der Waals surface area contributed by atoms with Crippen molar-refractivity contribution in [3.63, 3.8) is 0 Å². The zero-order chi connectivity index (χ0) is 20.2. The van der Waals surface area contributed by atoms with Gasteiger partial charge >= 0.3 is 0 Å². The van der Waals surface area contributed by atoms with Crippen molar-refractivity contribution in [3.05, 3.63) is 23.8 Å². The zero-order valence-electron chi connectivity index (χ0n) is 17.6. The first-order chi connectivity index (χ1) is 14.2. The van der Waals surface area contributed by atoms with Gasteiger partial charge in [-0.25, -0.2) is 0 Å². The Morgan fingerprint density at radius 2 is 1.76 bits per heavy atom. The summed E-state index contributed by atoms with van der Waals surface area (Å²) < 4.78 is 5.33. The Kier molecular flexibility index (Phi) is 6.38. The molecule has 1 aromatic carbocycles. The molecule has 3 aliphatic rings. The van der Waals surface area contributed by atoms with E-state index in [4.69, 9.17) is 4.74 Å². The minimum absolute atomic E-state index is 0.141. The first kappa shape index (κ1) is 20.2. The number of ether oxygens (including phenoxy) is 1. The number of carbonyl (C=O) groups excluding carboxylic acids is 2. The van der Waals surface area contributed by atoms with Gasteiger partial charge in [0.05, 0.1) is 13.7 Å². The molecule has 3 aliphatic heterocycles. The molecular weight excluding hydrogens is 366 g/mol. The summed E-state index contributed by atoms with van der Waals surface area (Å²) in [6.45, 7) is 4.74. The second-order valence-electron chi connectivity index (χ2n) is 8.58. The molecule has 3 heterocycles. The van der Waals surface area contributed by atoms with Gasteiger partial charge in [0.25, 0.3) is 0 Å². The minimum Gasteiger partial charge on any atom is -0.497 e. The summed E-state index contributed by atoms with van der Waals surface area (Å²) in [5.74, 6) is 1.49. The molecule has 0 bridgehead atoms. The van der Waals surface area contributed by atoms with E-state index in [0.29, 0.717) is 12.5 Å². The van der Waals surface area contributed by atoms with Gasteiger partial charge in [-0.15, -0.1) is 0 Å². The van der Waals surface area contributed by atoms with Gasteiger partial charge in [-0.1, -0.05) is 0 Å². The molecule has 0 aliphatic carbocycles. The Hall–Kier alpha value is -2.08. The number of hydrogen-bond acceptors (Lipinski definition) is 4. The molecule has 6 nitrogen and oxygen atoms in total. The number of benzene rings is 1. The van der Waals surface area contributed by atoms with E-state index in [1.54, 1.807) is 7.11 Å². The Balaban J connectivity index is 1.31. The third-order valence-corrected chi connectivity index (χ3v) is 6.67. The lowest BCUT2D eigenvalue weighted by molar-refractivity contribution is -0.138. The Morgan fingerprint density at radius 1 is 1.00 bits per heavy atom. The summed E-state index contributed by atoms with van der Waals surface area (Å²) in [5.41, 5.74) is 2.21. The predicted molar refractivity (Wildman–Crippen MR) is 113 cm³/mol. The lowest BCUT2D eigenvalue weighted by Gasteiger charge is -2.36. The molecule has 2 amide bonds. The number of methoxy groups -OCH3 is 1. The molecule has 29 heavy (non-hydrogen) atoms. The quantitative estimate of drug-likeness (QED) is 0.781. The zero-order valence-corrected chi connectivity index (χ0v) is 17.6. The van der Waals surface area contributed by atoms with Crippen LogP contribution in [0.1, 0.15) is 44.1 Å². The number of aryl methyl sites for hydroxylation is 1. The van der Waals surface area contributed by atoms with E-state index in [9.17, 15) is 9.59 Å². The number of rotatable bonds is 4. The fourth-order valence-corrected chi connectivity index (χ4v) is 4.95. The van der Waals surface area contributed by atoms with Crippen LogP contribution in [-0.2, 0) is 16.0 Å². The van der Waals surface area contributed by atoms with E-state index in [2.05, 4.69) is 9.80 Å². The maximum atomic E-state index is 13.0. The number of amides is 2. The van der Waals surface area contributed by atoms with Gasteiger partial charge in [-0.3, -0.25) is 14.5 Å². The van der Waals surface area contributed by atoms with Gasteiger partial charge in [0.1, 0.15) is 5.75 Å². The van der Waals surface area contributed by atoms with Gasteiger partial charge in [-0.2, -0.15) is 0 Å². The highest BCUT2D eigenvalue weighted by molar-refractivity contribution is 5.96. The molecular formula is C23H33N3O3. The van der Waals surface area contributed by atoms with Crippen LogP contribution in [0.2, 0.25) is 0 Å². The molecule has 2 saturated heterocycles. The maximum Gasteiger partial charge on any atom is 0.241 e. The fourth-order valence-electron chi connectivity index (χ4n) is 4.95. The molecule has 0 saturated carbocycles. The lowest BCUT2D eigenvalue weighted by Crippen LogP contribution is -2.47. The Bertz CT molecular complexity index is 737. The summed E-state index contributed by atoms with van der Waals surface area (Å²) in [6, 6.07) is 5.99. The third kappa shape index (κ3) is 4.58. The number of carbonyl (C=O) groups is 2. The topological polar surface area (TPSA) is 53.1 Å². The normalized spacial score (nSPS) is 21.0. The minimum atomic E-state index is 0.141. The van der Waals surface area contributed by atoms with Gasteiger partial charge in [-0.05, 0) is 81.8 Å². The number of nitrogens with zero attached hydrogens (tertiary/aromatic N) is 3. The van der Waals surface area contributed by atoms with Crippen LogP contribution in [0.25, 0.3) is 0 Å². The van der Waals surface area contributed by atoms with Crippen LogP contribution in [-0.4, -0.2) is 68.0 Å². The van der Waals surface area contributed by atoms with Gasteiger partial charge in [0.15, 0.2) is 0 Å². The van der Waals surface area contributed by atoms with E-state index in [0.717, 1.165) is 82.7 Å². The third-order valence-electron chi connectivity index (χ3n) is 6.67. The molecule has 2 fully saturated rings. The molecule has 6 heteroatoms. The van der Waals surface area contributed by atoms with Gasteiger partial charge in [0.2, 0.25) is 11.8 Å². The smallest absolute Gasteiger partial charge is 0.241 e. The van der Waals surface area contributed by atoms with Crippen molar-refractivity contribution in [2.24, 2.45) is 5.92 Å². The first-order valence-electron chi connectivity index (χ1n) is 11.1. The van der Waals surface area contributed by atoms with Crippen LogP contribution in [0.3, 0.4) is 0 Å². The lowest BCUT2D eigenvalue weighted by atomic mass is 9.94. The van der Waals surface area contributed by atoms with Crippen LogP contribution < -0.4 is 9.64 Å². The monoisotopic (exact) mass is 399 g/mol. The number of fused-ring (bicyclic) bond motifs is 1. The van der Waals surface area contributed by atoms with Crippen LogP contribution in [0.5, 0.6) is 5.75 Å². The van der Waals surface area contributed by atoms with Crippen molar-refractivity contribution in [3.8, 4) is 5.75 Å². The van der Waals surface area contributed by atoms with E-state index >= 15 is 0 Å². The average Bonchev–Trinajstić information content (AvgIpc) is 2.78. The van der Waals surface area contributed by atoms with E-state index in [-0.39, 0.29) is 11.8 Å². The number of anilines is 1. The summed E-state index contributed by atoms with van der Waals surface area (Å²) in [6.07, 6.45) is 7.24. The largest absolute Gasteiger partial charge is 0.497 e. The molecule has 0 radical (unpaired) electrons. The van der Waals surface area contributed by atoms with Crippen molar-refractivity contribution >= 4 is 17.5 Å². The summed E-state index contributed by atoms with van der Waals surface area (Å²) in [4.78, 5) is 32.0. The molecule has 158 valence electrons. The van der Waals surface area contributed by atoms with Crippen molar-refractivity contribution in [2.75, 3.05) is 51.3 Å². The van der Waals surface area contributed by atoms with Crippen LogP contribution >= 0.6 is 0 Å². The highest BCUT2D eigenvalue weighted by atomic mass is 16.5. The summed E-state index contributed by atoms with van der Waals surface area (Å²) in [5, 5.41) is 0. The Labute approximate surface area is 173 Å². The first-order valence-corrected chi connectivity index (χ1v) is 11.1. The van der Waals surface area contributed by atoms with Crippen LogP contribution in [0.15, 0.2) is 18.2 Å². The second-order valence-corrected chi connectivity index (χ2v) is 8.58. The van der Waals surface area contributed by atoms with Crippen LogP contribution in [0, 0.1) is 5.92 Å². The van der Waals surface area contributed by atoms with E-state index < -0.39 is 0 Å². The SMILES string of the molecule is COc1ccc2c(c1)CCCN2C(=O)CN1CCC(C(=O)N2CCCCC2)CC1. The van der Waals surface area contributed by atoms with E-state index in [1.807, 2.05) is 23.1 Å². The highest BCUT2D eigenvalue weighted by Crippen LogP contribution is 2.31. The molecule has 0 unspecified atom stereocenters. The number of hydrogen-bond donors (Lipinski definition) is 0. The second kappa shape index (κ2) is 9.16. The van der Waals surface area contributed by atoms with Crippen molar-refractivity contribution in [2.45, 2.75) is 44.9 Å². The number of piperidine rings is 2. The summed E-state index contributed by atoms with van der Waals surface area (Å²) >= 11 is 0. The fraction of sp³-hybridized carbons (Fsp3) is 0.652.